The van der Waals surface area contributed by atoms with Crippen LogP contribution in [-0.4, -0.2) is 5.78 Å². The molecule has 0 spiro atoms. The highest BCUT2D eigenvalue weighted by molar-refractivity contribution is 6.42. The lowest BCUT2D eigenvalue weighted by Crippen LogP contribution is -2.17. The van der Waals surface area contributed by atoms with Crippen molar-refractivity contribution in [3.8, 4) is 0 Å². The monoisotopic (exact) mass is 258 g/mol. The average Bonchev–Trinajstić information content (AvgIpc) is 2.22. The van der Waals surface area contributed by atoms with Gasteiger partial charge in [-0.3, -0.25) is 4.79 Å². The summed E-state index contributed by atoms with van der Waals surface area (Å²) in [5, 5.41) is 1.03. The highest BCUT2D eigenvalue weighted by Crippen LogP contribution is 2.31. The minimum absolute atomic E-state index is 0.0835. The first-order valence-electron chi connectivity index (χ1n) is 5.45. The van der Waals surface area contributed by atoms with Crippen LogP contribution in [0.2, 0.25) is 10.0 Å². The van der Waals surface area contributed by atoms with Crippen LogP contribution in [0.5, 0.6) is 0 Å². The quantitative estimate of drug-likeness (QED) is 0.765. The summed E-state index contributed by atoms with van der Waals surface area (Å²) in [6.07, 6.45) is 0.545. The Kier molecular flexibility index (Phi) is 4.82. The number of carbonyl (C=O) groups excluding carboxylic acids is 1. The van der Waals surface area contributed by atoms with Crippen LogP contribution in [0.3, 0.4) is 0 Å². The van der Waals surface area contributed by atoms with E-state index in [4.69, 9.17) is 23.2 Å². The molecule has 0 aliphatic rings. The van der Waals surface area contributed by atoms with E-state index >= 15 is 0 Å². The second-order valence-corrected chi connectivity index (χ2v) is 5.03. The number of benzene rings is 1. The summed E-state index contributed by atoms with van der Waals surface area (Å²) in [6, 6.07) is 5.42. The molecule has 0 saturated carbocycles. The van der Waals surface area contributed by atoms with E-state index in [1.807, 2.05) is 26.8 Å². The molecule has 0 aliphatic heterocycles. The molecule has 0 amide bonds. The molecular weight excluding hydrogens is 243 g/mol. The topological polar surface area (TPSA) is 17.1 Å². The smallest absolute Gasteiger partial charge is 0.140 e. The normalized spacial score (nSPS) is 12.9. The Balaban J connectivity index is 3.11. The van der Waals surface area contributed by atoms with E-state index in [1.54, 1.807) is 12.1 Å². The zero-order valence-corrected chi connectivity index (χ0v) is 11.3. The minimum atomic E-state index is -0.0835. The molecule has 0 fully saturated rings. The van der Waals surface area contributed by atoms with E-state index in [0.717, 1.165) is 5.56 Å². The van der Waals surface area contributed by atoms with Gasteiger partial charge in [-0.1, -0.05) is 50.0 Å². The summed E-state index contributed by atoms with van der Waals surface area (Å²) in [7, 11) is 0. The fourth-order valence-electron chi connectivity index (χ4n) is 1.87. The first-order valence-corrected chi connectivity index (χ1v) is 6.20. The van der Waals surface area contributed by atoms with E-state index in [1.165, 1.54) is 0 Å². The molecule has 0 aliphatic carbocycles. The van der Waals surface area contributed by atoms with Gasteiger partial charge in [0.25, 0.3) is 0 Å². The van der Waals surface area contributed by atoms with Crippen LogP contribution in [0.1, 0.15) is 38.7 Å². The number of carbonyl (C=O) groups is 1. The molecule has 16 heavy (non-hydrogen) atoms. The number of Topliss-reactive ketones (excluding diaryl/α,β-unsaturated/α-hetero) is 1. The summed E-state index contributed by atoms with van der Waals surface area (Å²) < 4.78 is 0. The van der Waals surface area contributed by atoms with Crippen molar-refractivity contribution in [2.24, 2.45) is 5.92 Å². The van der Waals surface area contributed by atoms with Crippen molar-refractivity contribution in [3.63, 3.8) is 0 Å². The predicted octanol–water partition coefficient (Wildman–Crippen LogP) is 4.71. The molecule has 0 saturated heterocycles. The summed E-state index contributed by atoms with van der Waals surface area (Å²) in [5.74, 6) is 0.429. The van der Waals surface area contributed by atoms with E-state index in [-0.39, 0.29) is 17.6 Å². The largest absolute Gasteiger partial charge is 0.299 e. The van der Waals surface area contributed by atoms with Crippen molar-refractivity contribution in [2.45, 2.75) is 33.1 Å². The Morgan fingerprint density at radius 1 is 1.25 bits per heavy atom. The van der Waals surface area contributed by atoms with Gasteiger partial charge in [0, 0.05) is 12.3 Å². The maximum atomic E-state index is 11.9. The average molecular weight is 259 g/mol. The van der Waals surface area contributed by atoms with Gasteiger partial charge in [0.15, 0.2) is 0 Å². The Bertz CT molecular complexity index is 386. The molecule has 1 aromatic rings. The molecule has 0 radical (unpaired) electrons. The third-order valence-corrected chi connectivity index (χ3v) is 3.40. The van der Waals surface area contributed by atoms with Crippen LogP contribution in [0, 0.1) is 5.92 Å². The van der Waals surface area contributed by atoms with Crippen molar-refractivity contribution in [2.75, 3.05) is 0 Å². The van der Waals surface area contributed by atoms with Gasteiger partial charge in [0.1, 0.15) is 5.78 Å². The van der Waals surface area contributed by atoms with Crippen molar-refractivity contribution < 1.29 is 4.79 Å². The molecule has 0 bridgehead atoms. The molecule has 1 unspecified atom stereocenters. The Morgan fingerprint density at radius 2 is 1.88 bits per heavy atom. The maximum absolute atomic E-state index is 11.9. The molecule has 0 heterocycles. The third kappa shape index (κ3) is 2.99. The van der Waals surface area contributed by atoms with E-state index in [9.17, 15) is 4.79 Å². The summed E-state index contributed by atoms with van der Waals surface area (Å²) >= 11 is 11.8. The number of hydrogen-bond acceptors (Lipinski definition) is 1. The predicted molar refractivity (Wildman–Crippen MR) is 69.3 cm³/mol. The zero-order chi connectivity index (χ0) is 12.3. The molecule has 0 aromatic heterocycles. The SMILES string of the molecule is CCC(=O)C(c1ccc(Cl)c(Cl)c1)C(C)C. The van der Waals surface area contributed by atoms with E-state index in [0.29, 0.717) is 16.5 Å². The van der Waals surface area contributed by atoms with Crippen LogP contribution >= 0.6 is 23.2 Å². The van der Waals surface area contributed by atoms with Gasteiger partial charge < -0.3 is 0 Å². The van der Waals surface area contributed by atoms with Gasteiger partial charge in [0.05, 0.1) is 10.0 Å². The van der Waals surface area contributed by atoms with Gasteiger partial charge in [-0.2, -0.15) is 0 Å². The van der Waals surface area contributed by atoms with Gasteiger partial charge in [0.2, 0.25) is 0 Å². The molecular formula is C13H16Cl2O. The molecule has 1 nitrogen and oxygen atoms in total. The molecule has 0 N–H and O–H groups in total. The lowest BCUT2D eigenvalue weighted by atomic mass is 9.84. The second kappa shape index (κ2) is 5.70. The van der Waals surface area contributed by atoms with Crippen molar-refractivity contribution >= 4 is 29.0 Å². The lowest BCUT2D eigenvalue weighted by Gasteiger charge is -2.19. The molecule has 1 aromatic carbocycles. The Labute approximate surface area is 107 Å². The van der Waals surface area contributed by atoms with E-state index in [2.05, 4.69) is 0 Å². The number of hydrogen-bond donors (Lipinski definition) is 0. The fourth-order valence-corrected chi connectivity index (χ4v) is 2.17. The van der Waals surface area contributed by atoms with Gasteiger partial charge in [-0.25, -0.2) is 0 Å². The minimum Gasteiger partial charge on any atom is -0.299 e. The zero-order valence-electron chi connectivity index (χ0n) is 9.76. The first kappa shape index (κ1) is 13.5. The van der Waals surface area contributed by atoms with Gasteiger partial charge in [-0.05, 0) is 23.6 Å². The van der Waals surface area contributed by atoms with Crippen LogP contribution in [-0.2, 0) is 4.79 Å². The highest BCUT2D eigenvalue weighted by atomic mass is 35.5. The van der Waals surface area contributed by atoms with Crippen LogP contribution in [0.25, 0.3) is 0 Å². The second-order valence-electron chi connectivity index (χ2n) is 4.22. The van der Waals surface area contributed by atoms with Gasteiger partial charge in [-0.15, -0.1) is 0 Å². The standard InChI is InChI=1S/C13H16Cl2O/c1-4-12(16)13(8(2)3)9-5-6-10(14)11(15)7-9/h5-8,13H,4H2,1-3H3. The number of rotatable bonds is 4. The van der Waals surface area contributed by atoms with Crippen LogP contribution in [0.4, 0.5) is 0 Å². The first-order chi connectivity index (χ1) is 7.47. The Hall–Kier alpha value is -0.530. The molecule has 1 rings (SSSR count). The molecule has 1 atom stereocenters. The lowest BCUT2D eigenvalue weighted by molar-refractivity contribution is -0.121. The summed E-state index contributed by atoms with van der Waals surface area (Å²) in [4.78, 5) is 11.9. The van der Waals surface area contributed by atoms with E-state index < -0.39 is 0 Å². The van der Waals surface area contributed by atoms with Crippen molar-refractivity contribution in [3.05, 3.63) is 33.8 Å². The summed E-state index contributed by atoms with van der Waals surface area (Å²) in [5.41, 5.74) is 0.955. The maximum Gasteiger partial charge on any atom is 0.140 e. The Morgan fingerprint density at radius 3 is 2.31 bits per heavy atom. The van der Waals surface area contributed by atoms with Crippen LogP contribution in [0.15, 0.2) is 18.2 Å². The van der Waals surface area contributed by atoms with Gasteiger partial charge >= 0.3 is 0 Å². The van der Waals surface area contributed by atoms with Crippen molar-refractivity contribution in [1.29, 1.82) is 0 Å². The molecule has 3 heteroatoms. The van der Waals surface area contributed by atoms with Crippen molar-refractivity contribution in [1.82, 2.24) is 0 Å². The van der Waals surface area contributed by atoms with Crippen LogP contribution < -0.4 is 0 Å². The third-order valence-electron chi connectivity index (χ3n) is 2.66. The fraction of sp³-hybridized carbons (Fsp3) is 0.462. The highest BCUT2D eigenvalue weighted by Gasteiger charge is 2.22. The number of ketones is 1. The number of halogens is 2. The molecule has 88 valence electrons. The summed E-state index contributed by atoms with van der Waals surface area (Å²) in [6.45, 7) is 5.97.